The van der Waals surface area contributed by atoms with Crippen LogP contribution in [0.25, 0.3) is 0 Å². The highest BCUT2D eigenvalue weighted by molar-refractivity contribution is 5.96. The second kappa shape index (κ2) is 9.27. The molecule has 0 aliphatic carbocycles. The van der Waals surface area contributed by atoms with E-state index < -0.39 is 0 Å². The summed E-state index contributed by atoms with van der Waals surface area (Å²) in [6.45, 7) is 4.18. The summed E-state index contributed by atoms with van der Waals surface area (Å²) < 4.78 is 5.40. The van der Waals surface area contributed by atoms with Crippen molar-refractivity contribution >= 4 is 23.2 Å². The van der Waals surface area contributed by atoms with Crippen LogP contribution in [0.5, 0.6) is 5.75 Å². The lowest BCUT2D eigenvalue weighted by molar-refractivity contribution is -0.114. The molecule has 0 unspecified atom stereocenters. The molecule has 0 spiro atoms. The summed E-state index contributed by atoms with van der Waals surface area (Å²) >= 11 is 0. The van der Waals surface area contributed by atoms with Gasteiger partial charge in [-0.25, -0.2) is 0 Å². The fourth-order valence-electron chi connectivity index (χ4n) is 2.17. The predicted octanol–water partition coefficient (Wildman–Crippen LogP) is 3.00. The standard InChI is InChI=1S/C20H23N3O3/c1-4-13-26-18-11-9-16(10-12-18)21-14-19(24)22-17-7-5-15(6-8-17)20(25)23(2)3/h4-12,21H,1,13-14H2,2-3H3,(H,22,24). The molecular formula is C20H23N3O3. The van der Waals surface area contributed by atoms with Gasteiger partial charge in [-0.1, -0.05) is 12.7 Å². The highest BCUT2D eigenvalue weighted by Crippen LogP contribution is 2.16. The Labute approximate surface area is 153 Å². The number of carbonyl (C=O) groups is 2. The molecule has 6 nitrogen and oxygen atoms in total. The quantitative estimate of drug-likeness (QED) is 0.716. The first-order valence-electron chi connectivity index (χ1n) is 8.19. The van der Waals surface area contributed by atoms with Gasteiger partial charge >= 0.3 is 0 Å². The fourth-order valence-corrected chi connectivity index (χ4v) is 2.17. The minimum atomic E-state index is -0.177. The van der Waals surface area contributed by atoms with Crippen LogP contribution in [0.4, 0.5) is 11.4 Å². The predicted molar refractivity (Wildman–Crippen MR) is 104 cm³/mol. The number of hydrogen-bond donors (Lipinski definition) is 2. The van der Waals surface area contributed by atoms with Crippen LogP contribution in [-0.4, -0.2) is 44.0 Å². The van der Waals surface area contributed by atoms with E-state index in [2.05, 4.69) is 17.2 Å². The zero-order chi connectivity index (χ0) is 18.9. The van der Waals surface area contributed by atoms with Crippen molar-refractivity contribution in [3.8, 4) is 5.75 Å². The molecule has 6 heteroatoms. The molecule has 0 aromatic heterocycles. The molecule has 2 N–H and O–H groups in total. The number of benzene rings is 2. The number of carbonyl (C=O) groups excluding carboxylic acids is 2. The molecule has 0 radical (unpaired) electrons. The van der Waals surface area contributed by atoms with Crippen LogP contribution < -0.4 is 15.4 Å². The number of nitrogens with one attached hydrogen (secondary N) is 2. The average molecular weight is 353 g/mol. The van der Waals surface area contributed by atoms with Crippen LogP contribution in [-0.2, 0) is 4.79 Å². The van der Waals surface area contributed by atoms with Crippen molar-refractivity contribution in [3.63, 3.8) is 0 Å². The smallest absolute Gasteiger partial charge is 0.253 e. The van der Waals surface area contributed by atoms with E-state index in [0.717, 1.165) is 11.4 Å². The van der Waals surface area contributed by atoms with E-state index >= 15 is 0 Å². The van der Waals surface area contributed by atoms with Crippen molar-refractivity contribution in [2.24, 2.45) is 0 Å². The zero-order valence-electron chi connectivity index (χ0n) is 15.0. The lowest BCUT2D eigenvalue weighted by atomic mass is 10.2. The van der Waals surface area contributed by atoms with Gasteiger partial charge < -0.3 is 20.3 Å². The Kier molecular flexibility index (Phi) is 6.79. The van der Waals surface area contributed by atoms with E-state index in [1.165, 1.54) is 4.90 Å². The molecule has 2 aromatic rings. The maximum Gasteiger partial charge on any atom is 0.253 e. The summed E-state index contributed by atoms with van der Waals surface area (Å²) in [5.74, 6) is 0.487. The Morgan fingerprint density at radius 2 is 1.65 bits per heavy atom. The van der Waals surface area contributed by atoms with Crippen LogP contribution in [0.2, 0.25) is 0 Å². The highest BCUT2D eigenvalue weighted by atomic mass is 16.5. The first-order valence-corrected chi connectivity index (χ1v) is 8.19. The molecule has 136 valence electrons. The van der Waals surface area contributed by atoms with E-state index in [9.17, 15) is 9.59 Å². The van der Waals surface area contributed by atoms with Gasteiger partial charge in [0.25, 0.3) is 5.91 Å². The van der Waals surface area contributed by atoms with Gasteiger partial charge in [-0.3, -0.25) is 9.59 Å². The van der Waals surface area contributed by atoms with E-state index in [1.54, 1.807) is 44.4 Å². The molecule has 0 atom stereocenters. The fraction of sp³-hybridized carbons (Fsp3) is 0.200. The second-order valence-electron chi connectivity index (χ2n) is 5.80. The summed E-state index contributed by atoms with van der Waals surface area (Å²) in [6.07, 6.45) is 1.68. The summed E-state index contributed by atoms with van der Waals surface area (Å²) in [7, 11) is 3.39. The van der Waals surface area contributed by atoms with Crippen molar-refractivity contribution < 1.29 is 14.3 Å². The third kappa shape index (κ3) is 5.66. The monoisotopic (exact) mass is 353 g/mol. The van der Waals surface area contributed by atoms with Crippen LogP contribution in [0.15, 0.2) is 61.2 Å². The second-order valence-corrected chi connectivity index (χ2v) is 5.80. The minimum Gasteiger partial charge on any atom is -0.490 e. The number of anilines is 2. The van der Waals surface area contributed by atoms with E-state index in [4.69, 9.17) is 4.74 Å². The minimum absolute atomic E-state index is 0.0786. The lowest BCUT2D eigenvalue weighted by Crippen LogP contribution is -2.22. The Morgan fingerprint density at radius 3 is 2.23 bits per heavy atom. The maximum absolute atomic E-state index is 12.0. The number of rotatable bonds is 8. The van der Waals surface area contributed by atoms with Crippen molar-refractivity contribution in [1.82, 2.24) is 4.90 Å². The van der Waals surface area contributed by atoms with Gasteiger partial charge in [0, 0.05) is 31.0 Å². The van der Waals surface area contributed by atoms with Gasteiger partial charge in [0.2, 0.25) is 5.91 Å². The van der Waals surface area contributed by atoms with Crippen LogP contribution >= 0.6 is 0 Å². The molecule has 0 saturated carbocycles. The summed E-state index contributed by atoms with van der Waals surface area (Å²) in [6, 6.07) is 14.1. The number of ether oxygens (including phenoxy) is 1. The van der Waals surface area contributed by atoms with Gasteiger partial charge in [-0.2, -0.15) is 0 Å². The van der Waals surface area contributed by atoms with Gasteiger partial charge in [0.05, 0.1) is 6.54 Å². The normalized spacial score (nSPS) is 9.92. The third-order valence-corrected chi connectivity index (χ3v) is 3.50. The van der Waals surface area contributed by atoms with Gasteiger partial charge in [0.15, 0.2) is 0 Å². The molecule has 2 aromatic carbocycles. The maximum atomic E-state index is 12.0. The molecule has 26 heavy (non-hydrogen) atoms. The van der Waals surface area contributed by atoms with E-state index in [0.29, 0.717) is 17.9 Å². The van der Waals surface area contributed by atoms with Crippen LogP contribution in [0, 0.1) is 0 Å². The highest BCUT2D eigenvalue weighted by Gasteiger charge is 2.08. The van der Waals surface area contributed by atoms with E-state index in [-0.39, 0.29) is 18.4 Å². The van der Waals surface area contributed by atoms with Gasteiger partial charge in [0.1, 0.15) is 12.4 Å². The molecule has 0 heterocycles. The molecule has 0 fully saturated rings. The summed E-state index contributed by atoms with van der Waals surface area (Å²) in [4.78, 5) is 25.4. The molecule has 2 amide bonds. The lowest BCUT2D eigenvalue weighted by Gasteiger charge is -2.11. The van der Waals surface area contributed by atoms with E-state index in [1.807, 2.05) is 24.3 Å². The van der Waals surface area contributed by atoms with Crippen molar-refractivity contribution in [2.75, 3.05) is 37.9 Å². The molecule has 0 bridgehead atoms. The van der Waals surface area contributed by atoms with Gasteiger partial charge in [-0.05, 0) is 48.5 Å². The van der Waals surface area contributed by atoms with Crippen LogP contribution in [0.1, 0.15) is 10.4 Å². The Morgan fingerprint density at radius 1 is 1.04 bits per heavy atom. The Bertz CT molecular complexity index is 753. The number of nitrogens with zero attached hydrogens (tertiary/aromatic N) is 1. The zero-order valence-corrected chi connectivity index (χ0v) is 15.0. The number of hydrogen-bond acceptors (Lipinski definition) is 4. The number of amides is 2. The van der Waals surface area contributed by atoms with Crippen molar-refractivity contribution in [1.29, 1.82) is 0 Å². The topological polar surface area (TPSA) is 70.7 Å². The molecule has 0 aliphatic rings. The largest absolute Gasteiger partial charge is 0.490 e. The average Bonchev–Trinajstić information content (AvgIpc) is 2.65. The van der Waals surface area contributed by atoms with Crippen molar-refractivity contribution in [2.45, 2.75) is 0 Å². The third-order valence-electron chi connectivity index (χ3n) is 3.50. The molecule has 0 aliphatic heterocycles. The van der Waals surface area contributed by atoms with Crippen LogP contribution in [0.3, 0.4) is 0 Å². The molecule has 0 saturated heterocycles. The first-order chi connectivity index (χ1) is 12.5. The summed E-state index contributed by atoms with van der Waals surface area (Å²) in [5.41, 5.74) is 2.03. The van der Waals surface area contributed by atoms with Crippen molar-refractivity contribution in [3.05, 3.63) is 66.7 Å². The van der Waals surface area contributed by atoms with Gasteiger partial charge in [-0.15, -0.1) is 0 Å². The Hall–Kier alpha value is -3.28. The first kappa shape index (κ1) is 19.1. The summed E-state index contributed by atoms with van der Waals surface area (Å²) in [5, 5.41) is 5.83. The Balaban J connectivity index is 1.83. The SMILES string of the molecule is C=CCOc1ccc(NCC(=O)Nc2ccc(C(=O)N(C)C)cc2)cc1. The molecular weight excluding hydrogens is 330 g/mol. The molecule has 2 rings (SSSR count).